The second kappa shape index (κ2) is 8.41. The molecule has 1 fully saturated rings. The van der Waals surface area contributed by atoms with Crippen LogP contribution in [0.2, 0.25) is 0 Å². The van der Waals surface area contributed by atoms with E-state index in [2.05, 4.69) is 48.0 Å². The van der Waals surface area contributed by atoms with Gasteiger partial charge >= 0.3 is 11.6 Å². The Kier molecular flexibility index (Phi) is 5.29. The molecular formula is C22H25N8O3+. The molecule has 0 unspecified atom stereocenters. The Balaban J connectivity index is 1.39. The van der Waals surface area contributed by atoms with Crippen LogP contribution in [0.4, 0.5) is 17.5 Å². The molecule has 2 aliphatic rings. The maximum absolute atomic E-state index is 12.1. The largest absolute Gasteiger partial charge is 0.484 e. The van der Waals surface area contributed by atoms with Crippen molar-refractivity contribution < 1.29 is 19.3 Å². The number of fused-ring (bicyclic) bond motifs is 3. The summed E-state index contributed by atoms with van der Waals surface area (Å²) in [5.41, 5.74) is 7.72. The van der Waals surface area contributed by atoms with E-state index >= 15 is 0 Å². The summed E-state index contributed by atoms with van der Waals surface area (Å²) < 4.78 is 5.50. The zero-order chi connectivity index (χ0) is 22.9. The van der Waals surface area contributed by atoms with Crippen LogP contribution < -0.4 is 31.4 Å². The van der Waals surface area contributed by atoms with E-state index in [-0.39, 0.29) is 42.2 Å². The van der Waals surface area contributed by atoms with E-state index in [1.165, 1.54) is 0 Å². The van der Waals surface area contributed by atoms with E-state index in [4.69, 9.17) is 10.5 Å². The molecule has 0 saturated heterocycles. The van der Waals surface area contributed by atoms with Crippen LogP contribution in [0, 0.1) is 17.8 Å². The molecule has 1 aromatic carbocycles. The first-order chi connectivity index (χ1) is 16.0. The van der Waals surface area contributed by atoms with Crippen LogP contribution >= 0.6 is 0 Å². The number of likely N-dealkylation sites (N-methyl/N-ethyl adjacent to an activating group) is 1. The molecule has 33 heavy (non-hydrogen) atoms. The van der Waals surface area contributed by atoms with Gasteiger partial charge in [-0.05, 0) is 30.4 Å². The maximum atomic E-state index is 12.1. The number of imidazole rings is 1. The summed E-state index contributed by atoms with van der Waals surface area (Å²) in [6.07, 6.45) is 6.81. The number of nitrogens with one attached hydrogen (secondary N) is 5. The molecule has 4 atom stereocenters. The van der Waals surface area contributed by atoms with E-state index in [0.717, 1.165) is 6.42 Å². The highest BCUT2D eigenvalue weighted by Crippen LogP contribution is 2.45. The number of carbonyl (C=O) groups is 2. The van der Waals surface area contributed by atoms with Crippen molar-refractivity contribution in [1.29, 1.82) is 0 Å². The minimum Gasteiger partial charge on any atom is -0.484 e. The Hall–Kier alpha value is -4.15. The van der Waals surface area contributed by atoms with Gasteiger partial charge in [0.05, 0.1) is 5.92 Å². The summed E-state index contributed by atoms with van der Waals surface area (Å²) in [6, 6.07) is 7.04. The Bertz CT molecular complexity index is 1240. The summed E-state index contributed by atoms with van der Waals surface area (Å²) in [7, 11) is 1.55. The molecule has 5 rings (SSSR count). The Morgan fingerprint density at radius 2 is 2.12 bits per heavy atom. The van der Waals surface area contributed by atoms with Crippen molar-refractivity contribution in [2.24, 2.45) is 23.5 Å². The Labute approximate surface area is 189 Å². The molecule has 11 heteroatoms. The van der Waals surface area contributed by atoms with Crippen molar-refractivity contribution >= 4 is 40.4 Å². The third kappa shape index (κ3) is 4.04. The number of nitrogens with zero attached hydrogens (tertiary/aromatic N) is 2. The first kappa shape index (κ1) is 20.7. The maximum Gasteiger partial charge on any atom is 0.307 e. The predicted molar refractivity (Wildman–Crippen MR) is 121 cm³/mol. The van der Waals surface area contributed by atoms with Gasteiger partial charge in [0, 0.05) is 24.8 Å². The fourth-order valence-corrected chi connectivity index (χ4v) is 4.62. The van der Waals surface area contributed by atoms with Crippen LogP contribution in [0.15, 0.2) is 42.7 Å². The molecule has 11 nitrogen and oxygen atoms in total. The number of benzene rings is 1. The summed E-state index contributed by atoms with van der Waals surface area (Å²) in [5, 5.41) is 9.14. The number of anilines is 3. The van der Waals surface area contributed by atoms with Crippen molar-refractivity contribution in [3.63, 3.8) is 0 Å². The number of aromatic nitrogens is 4. The fourth-order valence-electron chi connectivity index (χ4n) is 4.62. The Morgan fingerprint density at radius 1 is 1.27 bits per heavy atom. The number of aromatic amines is 2. The van der Waals surface area contributed by atoms with E-state index < -0.39 is 0 Å². The molecule has 7 N–H and O–H groups in total. The molecule has 0 aliphatic heterocycles. The number of nitrogens with two attached hydrogens (primary N) is 1. The fraction of sp³-hybridized carbons (Fsp3) is 0.318. The summed E-state index contributed by atoms with van der Waals surface area (Å²) in [4.78, 5) is 38.9. The molecule has 0 radical (unpaired) electrons. The number of allylic oxidation sites excluding steroid dienone is 1. The average molecular weight is 449 g/mol. The second-order valence-corrected chi connectivity index (χ2v) is 8.21. The van der Waals surface area contributed by atoms with Gasteiger partial charge in [-0.25, -0.2) is 4.98 Å². The molecular weight excluding hydrogens is 424 g/mol. The molecule has 2 bridgehead atoms. The minimum atomic E-state index is -0.306. The van der Waals surface area contributed by atoms with Crippen molar-refractivity contribution in [3.8, 4) is 5.75 Å². The third-order valence-corrected chi connectivity index (χ3v) is 6.16. The zero-order valence-electron chi connectivity index (χ0n) is 18.0. The van der Waals surface area contributed by atoms with Crippen molar-refractivity contribution in [2.75, 3.05) is 24.3 Å². The van der Waals surface area contributed by atoms with Gasteiger partial charge in [-0.2, -0.15) is 4.98 Å². The van der Waals surface area contributed by atoms with Crippen LogP contribution in [0.1, 0.15) is 6.42 Å². The average Bonchev–Trinajstić information content (AvgIpc) is 3.54. The zero-order valence-corrected chi connectivity index (χ0v) is 18.0. The number of H-pyrrole nitrogens is 2. The molecule has 0 spiro atoms. The topological polar surface area (TPSA) is 161 Å². The molecule has 2 aliphatic carbocycles. The Morgan fingerprint density at radius 3 is 2.94 bits per heavy atom. The third-order valence-electron chi connectivity index (χ3n) is 6.16. The highest BCUT2D eigenvalue weighted by Gasteiger charge is 2.47. The lowest BCUT2D eigenvalue weighted by Gasteiger charge is -2.26. The number of amides is 2. The van der Waals surface area contributed by atoms with Crippen molar-refractivity contribution in [1.82, 2.24) is 20.3 Å². The smallest absolute Gasteiger partial charge is 0.307 e. The lowest BCUT2D eigenvalue weighted by molar-refractivity contribution is -0.347. The van der Waals surface area contributed by atoms with Crippen molar-refractivity contribution in [3.05, 3.63) is 42.7 Å². The van der Waals surface area contributed by atoms with E-state index in [0.29, 0.717) is 34.4 Å². The lowest BCUT2D eigenvalue weighted by Crippen LogP contribution is -2.41. The number of rotatable bonds is 8. The minimum absolute atomic E-state index is 0.0756. The van der Waals surface area contributed by atoms with Crippen LogP contribution in [0.5, 0.6) is 5.75 Å². The lowest BCUT2D eigenvalue weighted by atomic mass is 9.88. The van der Waals surface area contributed by atoms with Crippen LogP contribution in [-0.2, 0) is 9.59 Å². The highest BCUT2D eigenvalue weighted by atomic mass is 16.5. The normalized spacial score (nSPS) is 22.9. The SMILES string of the molecule is CNC(=O)COc1cccc(Nc2nc(N[C@H]3[C@@H](C(N)=O)[C@@H]4C=C[C@H]3C4)c3[nH]c[nH+]c3n2)c1. The number of ether oxygens (including phenoxy) is 1. The molecule has 2 amide bonds. The molecule has 2 aromatic heterocycles. The van der Waals surface area contributed by atoms with Crippen LogP contribution in [-0.4, -0.2) is 46.5 Å². The van der Waals surface area contributed by atoms with Gasteiger partial charge in [0.15, 0.2) is 18.8 Å². The van der Waals surface area contributed by atoms with Gasteiger partial charge in [0.25, 0.3) is 5.91 Å². The number of primary amides is 1. The van der Waals surface area contributed by atoms with Crippen LogP contribution in [0.25, 0.3) is 11.2 Å². The summed E-state index contributed by atoms with van der Waals surface area (Å²) in [5.74, 6) is 1.05. The van der Waals surface area contributed by atoms with Gasteiger partial charge < -0.3 is 26.4 Å². The second-order valence-electron chi connectivity index (χ2n) is 8.21. The number of carbonyl (C=O) groups excluding carboxylic acids is 2. The first-order valence-electron chi connectivity index (χ1n) is 10.7. The molecule has 1 saturated carbocycles. The van der Waals surface area contributed by atoms with Crippen molar-refractivity contribution in [2.45, 2.75) is 12.5 Å². The molecule has 170 valence electrons. The summed E-state index contributed by atoms with van der Waals surface area (Å²) in [6.45, 7) is -0.0756. The predicted octanol–water partition coefficient (Wildman–Crippen LogP) is 0.728. The quantitative estimate of drug-likeness (QED) is 0.317. The van der Waals surface area contributed by atoms with Gasteiger partial charge in [-0.3, -0.25) is 14.6 Å². The highest BCUT2D eigenvalue weighted by molar-refractivity contribution is 5.84. The van der Waals surface area contributed by atoms with Gasteiger partial charge in [-0.1, -0.05) is 23.2 Å². The van der Waals surface area contributed by atoms with E-state index in [1.54, 1.807) is 31.6 Å². The monoisotopic (exact) mass is 449 g/mol. The molecule has 3 aromatic rings. The van der Waals surface area contributed by atoms with Crippen LogP contribution in [0.3, 0.4) is 0 Å². The number of hydrogen-bond donors (Lipinski definition) is 5. The van der Waals surface area contributed by atoms with E-state index in [1.807, 2.05) is 6.07 Å². The molecule has 2 heterocycles. The number of hydrogen-bond acceptors (Lipinski definition) is 7. The summed E-state index contributed by atoms with van der Waals surface area (Å²) >= 11 is 0. The van der Waals surface area contributed by atoms with Gasteiger partial charge in [0.1, 0.15) is 5.75 Å². The first-order valence-corrected chi connectivity index (χ1v) is 10.7. The van der Waals surface area contributed by atoms with Gasteiger partial charge in [-0.15, -0.1) is 0 Å². The van der Waals surface area contributed by atoms with E-state index in [9.17, 15) is 9.59 Å². The standard InChI is InChI=1S/C22H24N8O3/c1-24-15(31)9-33-14-4-2-3-13(8-14)27-22-29-20-18(25-10-26-20)21(30-22)28-17-12-6-5-11(7-12)16(17)19(23)32/h2-6,8,10-12,16-17H,7,9H2,1H3,(H2,23,32)(H,24,31)(H3,25,26,27,28,29,30)/p+1/t11-,12+,16+,17-/m1/s1. The van der Waals surface area contributed by atoms with Gasteiger partial charge in [0.2, 0.25) is 11.4 Å².